The van der Waals surface area contributed by atoms with Crippen molar-refractivity contribution < 1.29 is 4.42 Å². The molecule has 66 heavy (non-hydrogen) atoms. The number of furan rings is 1. The lowest BCUT2D eigenvalue weighted by atomic mass is 9.82. The molecular weight excluding hydrogens is 799 g/mol. The van der Waals surface area contributed by atoms with Gasteiger partial charge in [-0.1, -0.05) is 198 Å². The topological polar surface area (TPSA) is 16.4 Å². The van der Waals surface area contributed by atoms with Gasteiger partial charge in [0, 0.05) is 43.8 Å². The van der Waals surface area contributed by atoms with Gasteiger partial charge in [0.25, 0.3) is 0 Å². The molecule has 2 aliphatic carbocycles. The molecule has 314 valence electrons. The van der Waals surface area contributed by atoms with Crippen molar-refractivity contribution in [2.75, 3.05) is 4.90 Å². The number of fused-ring (bicyclic) bond motifs is 11. The summed E-state index contributed by atoms with van der Waals surface area (Å²) in [6.07, 6.45) is 0. The SMILES string of the molecule is CC1(C)c2ccccc2-c2cc(-c3ccccc3N(c3cccc(-c4cccc5oc6c7ccccc7ccc6c45)c3)c3ccccc3-c3cccc4c3-c3ccccc3C4(C)C)ccc21. The minimum absolute atomic E-state index is 0.0746. The summed E-state index contributed by atoms with van der Waals surface area (Å²) in [6, 6.07) is 78.4. The molecule has 0 aliphatic heterocycles. The van der Waals surface area contributed by atoms with Gasteiger partial charge in [0.05, 0.1) is 11.4 Å². The van der Waals surface area contributed by atoms with Crippen LogP contribution >= 0.6 is 0 Å². The zero-order valence-electron chi connectivity index (χ0n) is 37.6. The highest BCUT2D eigenvalue weighted by atomic mass is 16.3. The third-order valence-electron chi connectivity index (χ3n) is 14.9. The second kappa shape index (κ2) is 14.3. The van der Waals surface area contributed by atoms with Gasteiger partial charge in [-0.15, -0.1) is 0 Å². The first-order valence-electron chi connectivity index (χ1n) is 23.2. The summed E-state index contributed by atoms with van der Waals surface area (Å²) in [5, 5.41) is 4.56. The summed E-state index contributed by atoms with van der Waals surface area (Å²) in [6.45, 7) is 9.44. The predicted molar refractivity (Wildman–Crippen MR) is 277 cm³/mol. The van der Waals surface area contributed by atoms with Gasteiger partial charge in [0.1, 0.15) is 11.2 Å². The molecule has 0 N–H and O–H groups in total. The molecule has 0 atom stereocenters. The number of para-hydroxylation sites is 2. The Morgan fingerprint density at radius 3 is 1.77 bits per heavy atom. The maximum Gasteiger partial charge on any atom is 0.143 e. The molecule has 1 heterocycles. The van der Waals surface area contributed by atoms with E-state index in [1.807, 2.05) is 0 Å². The van der Waals surface area contributed by atoms with Crippen LogP contribution in [0, 0.1) is 0 Å². The van der Waals surface area contributed by atoms with E-state index < -0.39 is 0 Å². The van der Waals surface area contributed by atoms with E-state index in [2.05, 4.69) is 245 Å². The van der Waals surface area contributed by atoms with E-state index in [0.717, 1.165) is 55.5 Å². The first kappa shape index (κ1) is 38.5. The first-order chi connectivity index (χ1) is 32.3. The summed E-state index contributed by atoms with van der Waals surface area (Å²) in [4.78, 5) is 2.51. The van der Waals surface area contributed by atoms with Crippen LogP contribution in [0.15, 0.2) is 217 Å². The molecule has 1 aromatic heterocycles. The van der Waals surface area contributed by atoms with Crippen molar-refractivity contribution in [1.29, 1.82) is 0 Å². The minimum atomic E-state index is -0.122. The molecule has 2 heteroatoms. The van der Waals surface area contributed by atoms with Gasteiger partial charge in [-0.25, -0.2) is 0 Å². The van der Waals surface area contributed by atoms with Crippen LogP contribution in [0.25, 0.3) is 88.3 Å². The molecule has 0 radical (unpaired) electrons. The van der Waals surface area contributed by atoms with Crippen LogP contribution in [0.5, 0.6) is 0 Å². The van der Waals surface area contributed by atoms with Crippen molar-refractivity contribution in [3.05, 3.63) is 235 Å². The molecule has 0 fully saturated rings. The molecule has 0 saturated carbocycles. The van der Waals surface area contributed by atoms with Crippen molar-refractivity contribution in [3.8, 4) is 55.6 Å². The molecule has 2 nitrogen and oxygen atoms in total. The highest BCUT2D eigenvalue weighted by molar-refractivity contribution is 6.19. The van der Waals surface area contributed by atoms with Crippen LogP contribution in [-0.2, 0) is 10.8 Å². The van der Waals surface area contributed by atoms with Gasteiger partial charge in [-0.05, 0) is 115 Å². The molecule has 2 aliphatic rings. The van der Waals surface area contributed by atoms with Gasteiger partial charge < -0.3 is 9.32 Å². The van der Waals surface area contributed by atoms with Gasteiger partial charge in [0.2, 0.25) is 0 Å². The summed E-state index contributed by atoms with van der Waals surface area (Å²) < 4.78 is 6.71. The van der Waals surface area contributed by atoms with Crippen molar-refractivity contribution >= 4 is 49.8 Å². The Balaban J connectivity index is 1.05. The van der Waals surface area contributed by atoms with Crippen molar-refractivity contribution in [2.24, 2.45) is 0 Å². The summed E-state index contributed by atoms with van der Waals surface area (Å²) in [5.74, 6) is 0. The van der Waals surface area contributed by atoms with Gasteiger partial charge >= 0.3 is 0 Å². The molecule has 13 rings (SSSR count). The number of nitrogens with zero attached hydrogens (tertiary/aromatic N) is 1. The predicted octanol–water partition coefficient (Wildman–Crippen LogP) is 17.8. The Morgan fingerprint density at radius 1 is 0.364 bits per heavy atom. The zero-order valence-corrected chi connectivity index (χ0v) is 37.6. The largest absolute Gasteiger partial charge is 0.455 e. The fourth-order valence-corrected chi connectivity index (χ4v) is 11.7. The first-order valence-corrected chi connectivity index (χ1v) is 23.2. The summed E-state index contributed by atoms with van der Waals surface area (Å²) >= 11 is 0. The standard InChI is InChI=1S/C64H47NO/c1-63(2)53-28-11-7-23-47(53)52-39-42(35-37-55(52)63)44-21-9-13-31-57(44)65(58-32-14-10-24-48(58)49-27-16-30-56-60(49)50-25-8-12-29-54(50)64(56,3)4)43-20-15-19-41(38-43)45-26-17-33-59-61(45)51-36-34-40-18-5-6-22-46(40)62(51)66-59/h5-39H,1-4H3. The van der Waals surface area contributed by atoms with Gasteiger partial charge in [-0.3, -0.25) is 0 Å². The van der Waals surface area contributed by atoms with Gasteiger partial charge in [-0.2, -0.15) is 0 Å². The van der Waals surface area contributed by atoms with E-state index in [0.29, 0.717) is 0 Å². The van der Waals surface area contributed by atoms with E-state index >= 15 is 0 Å². The number of anilines is 3. The quantitative estimate of drug-likeness (QED) is 0.166. The van der Waals surface area contributed by atoms with Crippen molar-refractivity contribution in [3.63, 3.8) is 0 Å². The van der Waals surface area contributed by atoms with Crippen LogP contribution in [0.4, 0.5) is 17.1 Å². The maximum absolute atomic E-state index is 6.71. The van der Waals surface area contributed by atoms with Crippen molar-refractivity contribution in [1.82, 2.24) is 0 Å². The monoisotopic (exact) mass is 845 g/mol. The van der Waals surface area contributed by atoms with Crippen LogP contribution in [-0.4, -0.2) is 0 Å². The number of benzene rings is 10. The molecule has 0 unspecified atom stereocenters. The van der Waals surface area contributed by atoms with E-state index in [1.165, 1.54) is 72.1 Å². The highest BCUT2D eigenvalue weighted by Crippen LogP contribution is 2.55. The second-order valence-electron chi connectivity index (χ2n) is 19.2. The normalized spacial score (nSPS) is 14.0. The lowest BCUT2D eigenvalue weighted by molar-refractivity contribution is 0.660. The molecule has 0 amide bonds. The Kier molecular flexibility index (Phi) is 8.33. The molecule has 10 aromatic carbocycles. The molecule has 0 spiro atoms. The Morgan fingerprint density at radius 2 is 0.939 bits per heavy atom. The lowest BCUT2D eigenvalue weighted by Gasteiger charge is -2.31. The molecule has 11 aromatic rings. The van der Waals surface area contributed by atoms with E-state index in [-0.39, 0.29) is 10.8 Å². The Hall–Kier alpha value is -7.94. The fraction of sp³-hybridized carbons (Fsp3) is 0.0938. The molecule has 0 saturated heterocycles. The third kappa shape index (κ3) is 5.55. The van der Waals surface area contributed by atoms with Crippen LogP contribution in [0.1, 0.15) is 49.9 Å². The Bertz CT molecular complexity index is 3790. The van der Waals surface area contributed by atoms with E-state index in [9.17, 15) is 0 Å². The van der Waals surface area contributed by atoms with E-state index in [1.54, 1.807) is 0 Å². The third-order valence-corrected chi connectivity index (χ3v) is 14.9. The lowest BCUT2D eigenvalue weighted by Crippen LogP contribution is -2.15. The molecular formula is C64H47NO. The number of rotatable bonds is 6. The summed E-state index contributed by atoms with van der Waals surface area (Å²) in [7, 11) is 0. The van der Waals surface area contributed by atoms with E-state index in [4.69, 9.17) is 4.42 Å². The van der Waals surface area contributed by atoms with Crippen LogP contribution in [0.3, 0.4) is 0 Å². The number of hydrogen-bond donors (Lipinski definition) is 0. The number of hydrogen-bond acceptors (Lipinski definition) is 2. The minimum Gasteiger partial charge on any atom is -0.455 e. The van der Waals surface area contributed by atoms with Crippen molar-refractivity contribution in [2.45, 2.75) is 38.5 Å². The molecule has 0 bridgehead atoms. The maximum atomic E-state index is 6.71. The average Bonchev–Trinajstić information content (AvgIpc) is 3.95. The average molecular weight is 846 g/mol. The fourth-order valence-electron chi connectivity index (χ4n) is 11.7. The van der Waals surface area contributed by atoms with Crippen LogP contribution < -0.4 is 4.90 Å². The zero-order chi connectivity index (χ0) is 44.3. The van der Waals surface area contributed by atoms with Crippen LogP contribution in [0.2, 0.25) is 0 Å². The summed E-state index contributed by atoms with van der Waals surface area (Å²) in [5.41, 5.74) is 22.7. The van der Waals surface area contributed by atoms with Gasteiger partial charge in [0.15, 0.2) is 0 Å². The highest BCUT2D eigenvalue weighted by Gasteiger charge is 2.38. The smallest absolute Gasteiger partial charge is 0.143 e. The second-order valence-corrected chi connectivity index (χ2v) is 19.2. The Labute approximate surface area is 386 Å².